The van der Waals surface area contributed by atoms with Gasteiger partial charge in [0, 0.05) is 11.8 Å². The molecule has 1 heterocycles. The third-order valence-electron chi connectivity index (χ3n) is 3.00. The van der Waals surface area contributed by atoms with Gasteiger partial charge in [0.15, 0.2) is 0 Å². The summed E-state index contributed by atoms with van der Waals surface area (Å²) >= 11 is 0. The average Bonchev–Trinajstić information content (AvgIpc) is 2.44. The summed E-state index contributed by atoms with van der Waals surface area (Å²) in [5.74, 6) is 0.926. The first kappa shape index (κ1) is 16.1. The molecule has 0 unspecified atom stereocenters. The maximum atomic E-state index is 12.6. The highest BCUT2D eigenvalue weighted by Gasteiger charge is 2.21. The van der Waals surface area contributed by atoms with Crippen LogP contribution in [0.3, 0.4) is 0 Å². The summed E-state index contributed by atoms with van der Waals surface area (Å²) in [6, 6.07) is 8.11. The van der Waals surface area contributed by atoms with Crippen LogP contribution in [0.2, 0.25) is 0 Å². The van der Waals surface area contributed by atoms with Gasteiger partial charge in [-0.05, 0) is 43.7 Å². The van der Waals surface area contributed by atoms with E-state index in [1.54, 1.807) is 25.1 Å². The standard InChI is InChI=1S/C15H18N2O4S/c1-10-7-11(2)16-15(8-10)17-22(18,19)14-9-12(20-3)5-6-13(14)21-4/h5-9H,1-4H3,(H,16,17). The van der Waals surface area contributed by atoms with Crippen molar-refractivity contribution in [3.05, 3.63) is 41.6 Å². The molecule has 0 fully saturated rings. The van der Waals surface area contributed by atoms with E-state index in [0.29, 0.717) is 5.75 Å². The van der Waals surface area contributed by atoms with Crippen molar-refractivity contribution in [1.82, 2.24) is 4.98 Å². The van der Waals surface area contributed by atoms with E-state index in [0.717, 1.165) is 11.3 Å². The molecule has 118 valence electrons. The fourth-order valence-electron chi connectivity index (χ4n) is 2.08. The van der Waals surface area contributed by atoms with Gasteiger partial charge >= 0.3 is 0 Å². The van der Waals surface area contributed by atoms with Gasteiger partial charge in [0.2, 0.25) is 0 Å². The molecule has 0 saturated heterocycles. The maximum Gasteiger partial charge on any atom is 0.266 e. The van der Waals surface area contributed by atoms with Crippen molar-refractivity contribution < 1.29 is 17.9 Å². The summed E-state index contributed by atoms with van der Waals surface area (Å²) < 4.78 is 37.8. The molecule has 0 bridgehead atoms. The van der Waals surface area contributed by atoms with Crippen LogP contribution in [0, 0.1) is 13.8 Å². The van der Waals surface area contributed by atoms with Gasteiger partial charge in [-0.15, -0.1) is 0 Å². The third kappa shape index (κ3) is 3.48. The number of nitrogens with zero attached hydrogens (tertiary/aromatic N) is 1. The fourth-order valence-corrected chi connectivity index (χ4v) is 3.26. The second-order valence-electron chi connectivity index (χ2n) is 4.79. The zero-order valence-electron chi connectivity index (χ0n) is 12.9. The zero-order chi connectivity index (χ0) is 16.3. The normalized spacial score (nSPS) is 11.1. The van der Waals surface area contributed by atoms with E-state index in [1.165, 1.54) is 20.3 Å². The highest BCUT2D eigenvalue weighted by atomic mass is 32.2. The highest BCUT2D eigenvalue weighted by Crippen LogP contribution is 2.29. The molecule has 1 aromatic carbocycles. The number of rotatable bonds is 5. The molecule has 22 heavy (non-hydrogen) atoms. The summed E-state index contributed by atoms with van der Waals surface area (Å²) in [6.45, 7) is 3.68. The Kier molecular flexibility index (Phi) is 4.56. The Morgan fingerprint density at radius 2 is 1.77 bits per heavy atom. The smallest absolute Gasteiger partial charge is 0.266 e. The van der Waals surface area contributed by atoms with E-state index < -0.39 is 10.0 Å². The molecular weight excluding hydrogens is 304 g/mol. The number of benzene rings is 1. The maximum absolute atomic E-state index is 12.6. The number of methoxy groups -OCH3 is 2. The number of aryl methyl sites for hydroxylation is 2. The Hall–Kier alpha value is -2.28. The number of ether oxygens (including phenoxy) is 2. The first-order valence-corrected chi connectivity index (χ1v) is 8.04. The van der Waals surface area contributed by atoms with Crippen LogP contribution in [0.25, 0.3) is 0 Å². The molecule has 0 radical (unpaired) electrons. The molecule has 0 aliphatic heterocycles. The molecule has 0 aliphatic rings. The number of anilines is 1. The molecule has 1 N–H and O–H groups in total. The number of hydrogen-bond acceptors (Lipinski definition) is 5. The highest BCUT2D eigenvalue weighted by molar-refractivity contribution is 7.92. The van der Waals surface area contributed by atoms with Crippen LogP contribution in [0.15, 0.2) is 35.2 Å². The van der Waals surface area contributed by atoms with Gasteiger partial charge in [-0.3, -0.25) is 4.72 Å². The van der Waals surface area contributed by atoms with E-state index in [1.807, 2.05) is 13.0 Å². The van der Waals surface area contributed by atoms with Crippen molar-refractivity contribution >= 4 is 15.8 Å². The van der Waals surface area contributed by atoms with Gasteiger partial charge in [-0.2, -0.15) is 0 Å². The van der Waals surface area contributed by atoms with Crippen molar-refractivity contribution in [2.75, 3.05) is 18.9 Å². The predicted molar refractivity (Wildman–Crippen MR) is 84.1 cm³/mol. The SMILES string of the molecule is COc1ccc(OC)c(S(=O)(=O)Nc2cc(C)cc(C)n2)c1. The monoisotopic (exact) mass is 322 g/mol. The van der Waals surface area contributed by atoms with Gasteiger partial charge in [0.25, 0.3) is 10.0 Å². The van der Waals surface area contributed by atoms with Crippen LogP contribution in [0.1, 0.15) is 11.3 Å². The molecule has 0 saturated carbocycles. The minimum absolute atomic E-state index is 0.00434. The minimum atomic E-state index is -3.84. The Labute approximate surface area is 130 Å². The summed E-state index contributed by atoms with van der Waals surface area (Å²) in [7, 11) is -0.958. The lowest BCUT2D eigenvalue weighted by atomic mass is 10.2. The number of aromatic nitrogens is 1. The van der Waals surface area contributed by atoms with E-state index in [2.05, 4.69) is 9.71 Å². The van der Waals surface area contributed by atoms with Gasteiger partial charge in [-0.25, -0.2) is 13.4 Å². The topological polar surface area (TPSA) is 77.5 Å². The van der Waals surface area contributed by atoms with Crippen LogP contribution < -0.4 is 14.2 Å². The van der Waals surface area contributed by atoms with E-state index in [9.17, 15) is 8.42 Å². The van der Waals surface area contributed by atoms with Crippen LogP contribution in [-0.2, 0) is 10.0 Å². The average molecular weight is 322 g/mol. The van der Waals surface area contributed by atoms with Crippen molar-refractivity contribution in [1.29, 1.82) is 0 Å². The molecule has 7 heteroatoms. The molecule has 1 aromatic heterocycles. The van der Waals surface area contributed by atoms with Crippen molar-refractivity contribution in [2.24, 2.45) is 0 Å². The largest absolute Gasteiger partial charge is 0.497 e. The van der Waals surface area contributed by atoms with Gasteiger partial charge < -0.3 is 9.47 Å². The number of sulfonamides is 1. The zero-order valence-corrected chi connectivity index (χ0v) is 13.7. The Balaban J connectivity index is 2.46. The van der Waals surface area contributed by atoms with Gasteiger partial charge in [0.05, 0.1) is 14.2 Å². The van der Waals surface area contributed by atoms with E-state index in [4.69, 9.17) is 9.47 Å². The summed E-state index contributed by atoms with van der Waals surface area (Å²) in [4.78, 5) is 4.18. The molecule has 0 aliphatic carbocycles. The van der Waals surface area contributed by atoms with Crippen molar-refractivity contribution in [3.63, 3.8) is 0 Å². The summed E-state index contributed by atoms with van der Waals surface area (Å²) in [5.41, 5.74) is 1.65. The lowest BCUT2D eigenvalue weighted by molar-refractivity contribution is 0.392. The van der Waals surface area contributed by atoms with Crippen LogP contribution >= 0.6 is 0 Å². The fraction of sp³-hybridized carbons (Fsp3) is 0.267. The molecule has 2 rings (SSSR count). The second kappa shape index (κ2) is 6.23. The summed E-state index contributed by atoms with van der Waals surface area (Å²) in [6.07, 6.45) is 0. The van der Waals surface area contributed by atoms with Crippen molar-refractivity contribution in [3.8, 4) is 11.5 Å². The van der Waals surface area contributed by atoms with Crippen molar-refractivity contribution in [2.45, 2.75) is 18.7 Å². The minimum Gasteiger partial charge on any atom is -0.497 e. The lowest BCUT2D eigenvalue weighted by Crippen LogP contribution is -2.15. The predicted octanol–water partition coefficient (Wildman–Crippen LogP) is 2.52. The van der Waals surface area contributed by atoms with Gasteiger partial charge in [0.1, 0.15) is 22.2 Å². The molecule has 2 aromatic rings. The number of hydrogen-bond donors (Lipinski definition) is 1. The number of nitrogens with one attached hydrogen (secondary N) is 1. The number of pyridine rings is 1. The first-order valence-electron chi connectivity index (χ1n) is 6.56. The Morgan fingerprint density at radius 3 is 2.36 bits per heavy atom. The molecule has 0 spiro atoms. The second-order valence-corrected chi connectivity index (χ2v) is 6.44. The first-order chi connectivity index (χ1) is 10.4. The van der Waals surface area contributed by atoms with Crippen LogP contribution in [0.5, 0.6) is 11.5 Å². The molecule has 0 atom stereocenters. The van der Waals surface area contributed by atoms with E-state index in [-0.39, 0.29) is 16.5 Å². The van der Waals surface area contributed by atoms with Crippen LogP contribution in [-0.4, -0.2) is 27.6 Å². The van der Waals surface area contributed by atoms with E-state index >= 15 is 0 Å². The quantitative estimate of drug-likeness (QED) is 0.915. The summed E-state index contributed by atoms with van der Waals surface area (Å²) in [5, 5.41) is 0. The van der Waals surface area contributed by atoms with Gasteiger partial charge in [-0.1, -0.05) is 0 Å². The Bertz CT molecular complexity index is 768. The molecule has 6 nitrogen and oxygen atoms in total. The van der Waals surface area contributed by atoms with Crippen LogP contribution in [0.4, 0.5) is 5.82 Å². The molecule has 0 amide bonds. The molecular formula is C15H18N2O4S. The third-order valence-corrected chi connectivity index (χ3v) is 4.37. The Morgan fingerprint density at radius 1 is 1.05 bits per heavy atom. The lowest BCUT2D eigenvalue weighted by Gasteiger charge is -2.13.